The fourth-order valence-corrected chi connectivity index (χ4v) is 2.90. The Morgan fingerprint density at radius 2 is 2.19 bits per heavy atom. The average Bonchev–Trinajstić information content (AvgIpc) is 2.47. The molecule has 116 valence electrons. The highest BCUT2D eigenvalue weighted by Gasteiger charge is 2.49. The molecule has 0 heterocycles. The number of ether oxygens (including phenoxy) is 1. The molecule has 2 N–H and O–H groups in total. The Hall–Kier alpha value is -1.26. The molecule has 0 aliphatic heterocycles. The van der Waals surface area contributed by atoms with Crippen molar-refractivity contribution in [1.82, 2.24) is 5.32 Å². The van der Waals surface area contributed by atoms with E-state index < -0.39 is 0 Å². The number of carbonyl (C=O) groups excluding carboxylic acids is 1. The normalized spacial score (nSPS) is 23.3. The minimum Gasteiger partial charge on any atom is -0.380 e. The van der Waals surface area contributed by atoms with Crippen LogP contribution in [0.5, 0.6) is 0 Å². The third-order valence-electron chi connectivity index (χ3n) is 4.33. The van der Waals surface area contributed by atoms with E-state index in [9.17, 15) is 4.79 Å². The molecule has 0 saturated heterocycles. The van der Waals surface area contributed by atoms with Gasteiger partial charge in [-0.15, -0.1) is 0 Å². The van der Waals surface area contributed by atoms with E-state index in [0.29, 0.717) is 10.6 Å². The molecule has 1 aromatic carbocycles. The molecule has 2 atom stereocenters. The molecule has 1 aliphatic carbocycles. The topological polar surface area (TPSA) is 50.4 Å². The molecule has 4 nitrogen and oxygen atoms in total. The minimum absolute atomic E-state index is 0.0440. The summed E-state index contributed by atoms with van der Waals surface area (Å²) in [7, 11) is 1.62. The Labute approximate surface area is 131 Å². The van der Waals surface area contributed by atoms with E-state index >= 15 is 0 Å². The van der Waals surface area contributed by atoms with Crippen LogP contribution in [0.3, 0.4) is 0 Å². The molecule has 2 unspecified atom stereocenters. The van der Waals surface area contributed by atoms with E-state index in [-0.39, 0.29) is 23.5 Å². The van der Waals surface area contributed by atoms with Gasteiger partial charge < -0.3 is 15.4 Å². The van der Waals surface area contributed by atoms with Gasteiger partial charge >= 0.3 is 0 Å². The Kier molecular flexibility index (Phi) is 4.79. The van der Waals surface area contributed by atoms with Crippen LogP contribution < -0.4 is 10.6 Å². The zero-order chi connectivity index (χ0) is 15.6. The number of amides is 1. The predicted molar refractivity (Wildman–Crippen MR) is 86.1 cm³/mol. The SMILES string of the molecule is CCOC1CC(Nc2cc(C(=O)NC)ccc2Cl)C1(C)C. The third kappa shape index (κ3) is 3.16. The van der Waals surface area contributed by atoms with E-state index in [1.54, 1.807) is 25.2 Å². The molecule has 0 spiro atoms. The quantitative estimate of drug-likeness (QED) is 0.877. The van der Waals surface area contributed by atoms with Crippen molar-refractivity contribution in [2.45, 2.75) is 39.3 Å². The number of hydrogen-bond acceptors (Lipinski definition) is 3. The Bertz CT molecular complexity index is 531. The molecule has 5 heteroatoms. The number of hydrogen-bond donors (Lipinski definition) is 2. The molecule has 1 aliphatic rings. The van der Waals surface area contributed by atoms with Crippen molar-refractivity contribution in [3.8, 4) is 0 Å². The lowest BCUT2D eigenvalue weighted by Gasteiger charge is -2.52. The van der Waals surface area contributed by atoms with Crippen LogP contribution in [0.4, 0.5) is 5.69 Å². The van der Waals surface area contributed by atoms with Gasteiger partial charge in [-0.3, -0.25) is 4.79 Å². The Morgan fingerprint density at radius 1 is 1.48 bits per heavy atom. The second kappa shape index (κ2) is 6.24. The molecule has 1 saturated carbocycles. The van der Waals surface area contributed by atoms with E-state index in [1.807, 2.05) is 6.92 Å². The zero-order valence-electron chi connectivity index (χ0n) is 13.0. The first-order valence-corrected chi connectivity index (χ1v) is 7.67. The average molecular weight is 311 g/mol. The highest BCUT2D eigenvalue weighted by atomic mass is 35.5. The van der Waals surface area contributed by atoms with Crippen molar-refractivity contribution in [1.29, 1.82) is 0 Å². The van der Waals surface area contributed by atoms with Gasteiger partial charge in [0.25, 0.3) is 5.91 Å². The number of benzene rings is 1. The molecule has 1 aromatic rings. The molecule has 21 heavy (non-hydrogen) atoms. The van der Waals surface area contributed by atoms with E-state index in [2.05, 4.69) is 24.5 Å². The van der Waals surface area contributed by atoms with Crippen molar-refractivity contribution in [2.75, 3.05) is 19.0 Å². The molecular formula is C16H23ClN2O2. The Balaban J connectivity index is 2.12. The van der Waals surface area contributed by atoms with Crippen molar-refractivity contribution in [3.05, 3.63) is 28.8 Å². The molecule has 1 fully saturated rings. The smallest absolute Gasteiger partial charge is 0.251 e. The fraction of sp³-hybridized carbons (Fsp3) is 0.562. The van der Waals surface area contributed by atoms with Crippen LogP contribution in [0.25, 0.3) is 0 Å². The van der Waals surface area contributed by atoms with Crippen LogP contribution in [0.15, 0.2) is 18.2 Å². The monoisotopic (exact) mass is 310 g/mol. The second-order valence-electron chi connectivity index (χ2n) is 5.97. The number of halogens is 1. The number of rotatable bonds is 5. The van der Waals surface area contributed by atoms with E-state index in [4.69, 9.17) is 16.3 Å². The lowest BCUT2D eigenvalue weighted by atomic mass is 9.64. The molecule has 2 rings (SSSR count). The summed E-state index contributed by atoms with van der Waals surface area (Å²) < 4.78 is 5.73. The molecule has 0 bridgehead atoms. The first kappa shape index (κ1) is 16.1. The third-order valence-corrected chi connectivity index (χ3v) is 4.66. The maximum Gasteiger partial charge on any atom is 0.251 e. The summed E-state index contributed by atoms with van der Waals surface area (Å²) in [5.41, 5.74) is 1.44. The molecule has 0 aromatic heterocycles. The standard InChI is InChI=1S/C16H23ClN2O2/c1-5-21-14-9-13(16(14,2)3)19-12-8-10(15(20)18-4)6-7-11(12)17/h6-8,13-14,19H,5,9H2,1-4H3,(H,18,20). The minimum atomic E-state index is -0.116. The van der Waals surface area contributed by atoms with Crippen molar-refractivity contribution >= 4 is 23.2 Å². The zero-order valence-corrected chi connectivity index (χ0v) is 13.8. The van der Waals surface area contributed by atoms with E-state index in [0.717, 1.165) is 18.7 Å². The summed E-state index contributed by atoms with van der Waals surface area (Å²) in [6.07, 6.45) is 1.21. The van der Waals surface area contributed by atoms with E-state index in [1.165, 1.54) is 0 Å². The van der Waals surface area contributed by atoms with Gasteiger partial charge in [0.15, 0.2) is 0 Å². The van der Waals surface area contributed by atoms with Crippen LogP contribution in [-0.4, -0.2) is 31.7 Å². The molecule has 0 radical (unpaired) electrons. The van der Waals surface area contributed by atoms with Crippen LogP contribution in [-0.2, 0) is 4.74 Å². The summed E-state index contributed by atoms with van der Waals surface area (Å²) in [5.74, 6) is -0.116. The number of nitrogens with one attached hydrogen (secondary N) is 2. The number of anilines is 1. The first-order valence-electron chi connectivity index (χ1n) is 7.30. The summed E-state index contributed by atoms with van der Waals surface area (Å²) in [6, 6.07) is 5.55. The highest BCUT2D eigenvalue weighted by Crippen LogP contribution is 2.45. The lowest BCUT2D eigenvalue weighted by Crippen LogP contribution is -2.58. The van der Waals surface area contributed by atoms with Crippen molar-refractivity contribution < 1.29 is 9.53 Å². The fourth-order valence-electron chi connectivity index (χ4n) is 2.72. The summed E-state index contributed by atoms with van der Waals surface area (Å²) in [4.78, 5) is 11.7. The van der Waals surface area contributed by atoms with Crippen LogP contribution in [0, 0.1) is 5.41 Å². The lowest BCUT2D eigenvalue weighted by molar-refractivity contribution is -0.0975. The van der Waals surface area contributed by atoms with Gasteiger partial charge in [0.05, 0.1) is 16.8 Å². The van der Waals surface area contributed by atoms with Gasteiger partial charge in [-0.25, -0.2) is 0 Å². The summed E-state index contributed by atoms with van der Waals surface area (Å²) >= 11 is 6.23. The van der Waals surface area contributed by atoms with Crippen LogP contribution in [0.1, 0.15) is 37.6 Å². The molecule has 1 amide bonds. The Morgan fingerprint density at radius 3 is 2.76 bits per heavy atom. The second-order valence-corrected chi connectivity index (χ2v) is 6.38. The summed E-state index contributed by atoms with van der Waals surface area (Å²) in [5, 5.41) is 6.70. The maximum absolute atomic E-state index is 11.7. The van der Waals surface area contributed by atoms with Gasteiger partial charge in [0, 0.05) is 30.7 Å². The predicted octanol–water partition coefficient (Wildman–Crippen LogP) is 3.32. The van der Waals surface area contributed by atoms with Gasteiger partial charge in [-0.1, -0.05) is 25.4 Å². The van der Waals surface area contributed by atoms with Gasteiger partial charge in [0.1, 0.15) is 0 Å². The van der Waals surface area contributed by atoms with Crippen molar-refractivity contribution in [2.24, 2.45) is 5.41 Å². The maximum atomic E-state index is 11.7. The van der Waals surface area contributed by atoms with Gasteiger partial charge in [-0.05, 0) is 31.5 Å². The first-order chi connectivity index (χ1) is 9.90. The molecular weight excluding hydrogens is 288 g/mol. The van der Waals surface area contributed by atoms with Gasteiger partial charge in [-0.2, -0.15) is 0 Å². The van der Waals surface area contributed by atoms with Crippen LogP contribution in [0.2, 0.25) is 5.02 Å². The van der Waals surface area contributed by atoms with Crippen LogP contribution >= 0.6 is 11.6 Å². The van der Waals surface area contributed by atoms with Crippen molar-refractivity contribution in [3.63, 3.8) is 0 Å². The number of carbonyl (C=O) groups is 1. The van der Waals surface area contributed by atoms with Gasteiger partial charge in [0.2, 0.25) is 0 Å². The largest absolute Gasteiger partial charge is 0.380 e. The highest BCUT2D eigenvalue weighted by molar-refractivity contribution is 6.33. The summed E-state index contributed by atoms with van der Waals surface area (Å²) in [6.45, 7) is 7.12.